The highest BCUT2D eigenvalue weighted by Crippen LogP contribution is 2.32. The number of unbranched alkanes of at least 4 members (excludes halogenated alkanes) is 3. The van der Waals surface area contributed by atoms with Crippen LogP contribution in [0.15, 0.2) is 53.4 Å². The molecule has 8 nitrogen and oxygen atoms in total. The molecule has 1 heterocycles. The molecule has 1 aliphatic heterocycles. The van der Waals surface area contributed by atoms with Gasteiger partial charge in [-0.25, -0.2) is 13.1 Å². The summed E-state index contributed by atoms with van der Waals surface area (Å²) in [6.07, 6.45) is 5.50. The summed E-state index contributed by atoms with van der Waals surface area (Å²) >= 11 is 0. The third-order valence-electron chi connectivity index (χ3n) is 6.66. The van der Waals surface area contributed by atoms with Crippen molar-refractivity contribution in [2.24, 2.45) is 11.7 Å². The smallest absolute Gasteiger partial charge is 0.243 e. The van der Waals surface area contributed by atoms with E-state index in [1.807, 2.05) is 35.2 Å². The van der Waals surface area contributed by atoms with Gasteiger partial charge in [-0.15, -0.1) is 0 Å². The van der Waals surface area contributed by atoms with E-state index in [-0.39, 0.29) is 22.6 Å². The minimum Gasteiger partial charge on any atom is -0.370 e. The largest absolute Gasteiger partial charge is 0.370 e. The first kappa shape index (κ1) is 27.7. The number of hydrogen-bond donors (Lipinski definition) is 3. The van der Waals surface area contributed by atoms with Crippen LogP contribution in [0.4, 0.5) is 11.4 Å². The number of anilines is 2. The summed E-state index contributed by atoms with van der Waals surface area (Å²) in [5, 5.41) is 2.86. The van der Waals surface area contributed by atoms with Crippen LogP contribution in [0.3, 0.4) is 0 Å². The summed E-state index contributed by atoms with van der Waals surface area (Å²) in [5.74, 6) is -0.656. The van der Waals surface area contributed by atoms with Crippen molar-refractivity contribution in [3.8, 4) is 0 Å². The van der Waals surface area contributed by atoms with Crippen molar-refractivity contribution in [2.75, 3.05) is 23.3 Å². The van der Waals surface area contributed by atoms with Crippen molar-refractivity contribution < 1.29 is 18.0 Å². The van der Waals surface area contributed by atoms with E-state index in [1.54, 1.807) is 19.1 Å². The highest BCUT2D eigenvalue weighted by Gasteiger charge is 2.29. The second kappa shape index (κ2) is 12.9. The summed E-state index contributed by atoms with van der Waals surface area (Å²) in [6.45, 7) is 4.96. The van der Waals surface area contributed by atoms with Gasteiger partial charge in [-0.2, -0.15) is 0 Å². The first-order valence-electron chi connectivity index (χ1n) is 12.8. The molecule has 1 aliphatic rings. The first-order valence-corrected chi connectivity index (χ1v) is 14.2. The molecule has 0 spiro atoms. The molecule has 0 aromatic heterocycles. The Bertz CT molecular complexity index is 1130. The van der Waals surface area contributed by atoms with Gasteiger partial charge in [0.2, 0.25) is 21.8 Å². The lowest BCUT2D eigenvalue weighted by Crippen LogP contribution is -2.39. The number of piperidine rings is 1. The minimum atomic E-state index is -3.93. The maximum absolute atomic E-state index is 13.6. The van der Waals surface area contributed by atoms with Gasteiger partial charge in [0.05, 0.1) is 5.69 Å². The molecule has 0 saturated carbocycles. The van der Waals surface area contributed by atoms with Crippen molar-refractivity contribution in [1.82, 2.24) is 4.72 Å². The zero-order valence-electron chi connectivity index (χ0n) is 21.2. The number of carbonyl (C=O) groups excluding carboxylic acids is 2. The standard InChI is InChI=1S/C27H38N4O4S/c1-3-4-5-9-12-26(32)29-23-13-14-24(31-17-15-22(16-18-31)27(28)33)25(19-23)36(34,35)30-20(2)21-10-7-6-8-11-21/h6-8,10-11,13-14,19-20,22,30H,3-5,9,12,15-18H2,1-2H3,(H2,28,33)(H,29,32). The van der Waals surface area contributed by atoms with Gasteiger partial charge in [0.1, 0.15) is 4.90 Å². The summed E-state index contributed by atoms with van der Waals surface area (Å²) in [5.41, 5.74) is 7.31. The van der Waals surface area contributed by atoms with Crippen LogP contribution in [0.25, 0.3) is 0 Å². The molecule has 0 aliphatic carbocycles. The van der Waals surface area contributed by atoms with Crippen molar-refractivity contribution in [3.05, 3.63) is 54.1 Å². The van der Waals surface area contributed by atoms with Gasteiger partial charge in [-0.05, 0) is 49.9 Å². The van der Waals surface area contributed by atoms with Gasteiger partial charge in [-0.3, -0.25) is 9.59 Å². The number of nitrogens with two attached hydrogens (primary N) is 1. The molecule has 0 bridgehead atoms. The topological polar surface area (TPSA) is 122 Å². The van der Waals surface area contributed by atoms with E-state index < -0.39 is 16.1 Å². The van der Waals surface area contributed by atoms with Crippen molar-refractivity contribution in [3.63, 3.8) is 0 Å². The zero-order chi connectivity index (χ0) is 26.1. The molecule has 9 heteroatoms. The maximum atomic E-state index is 13.6. The molecule has 2 aromatic carbocycles. The Morgan fingerprint density at radius 2 is 1.75 bits per heavy atom. The van der Waals surface area contributed by atoms with Crippen molar-refractivity contribution >= 4 is 33.2 Å². The van der Waals surface area contributed by atoms with Gasteiger partial charge in [-0.1, -0.05) is 56.5 Å². The SMILES string of the molecule is CCCCCCC(=O)Nc1ccc(N2CCC(C(N)=O)CC2)c(S(=O)(=O)NC(C)c2ccccc2)c1. The van der Waals surface area contributed by atoms with E-state index in [4.69, 9.17) is 5.73 Å². The van der Waals surface area contributed by atoms with Crippen molar-refractivity contribution in [2.45, 2.75) is 69.7 Å². The lowest BCUT2D eigenvalue weighted by Gasteiger charge is -2.33. The molecule has 2 amide bonds. The number of rotatable bonds is 12. The lowest BCUT2D eigenvalue weighted by molar-refractivity contribution is -0.122. The monoisotopic (exact) mass is 514 g/mol. The number of carbonyl (C=O) groups is 2. The van der Waals surface area contributed by atoms with Gasteiger partial charge in [0.15, 0.2) is 0 Å². The Balaban J connectivity index is 1.85. The van der Waals surface area contributed by atoms with E-state index in [0.29, 0.717) is 43.7 Å². The summed E-state index contributed by atoms with van der Waals surface area (Å²) < 4.78 is 30.0. The number of benzene rings is 2. The van der Waals surface area contributed by atoms with Crippen LogP contribution < -0.4 is 20.7 Å². The van der Waals surface area contributed by atoms with E-state index in [2.05, 4.69) is 17.0 Å². The fourth-order valence-electron chi connectivity index (χ4n) is 4.52. The van der Waals surface area contributed by atoms with Crippen LogP contribution in [0.1, 0.15) is 70.4 Å². The summed E-state index contributed by atoms with van der Waals surface area (Å²) in [7, 11) is -3.93. The molecule has 1 fully saturated rings. The Hall–Kier alpha value is -2.91. The Morgan fingerprint density at radius 3 is 2.39 bits per heavy atom. The van der Waals surface area contributed by atoms with Crippen LogP contribution >= 0.6 is 0 Å². The Kier molecular flexibility index (Phi) is 9.89. The molecule has 3 rings (SSSR count). The molecule has 36 heavy (non-hydrogen) atoms. The predicted molar refractivity (Wildman–Crippen MR) is 143 cm³/mol. The van der Waals surface area contributed by atoms with Gasteiger partial charge in [0, 0.05) is 37.2 Å². The molecule has 2 aromatic rings. The molecule has 4 N–H and O–H groups in total. The van der Waals surface area contributed by atoms with Crippen LogP contribution in [0.5, 0.6) is 0 Å². The second-order valence-electron chi connectivity index (χ2n) is 9.46. The van der Waals surface area contributed by atoms with E-state index >= 15 is 0 Å². The molecular weight excluding hydrogens is 476 g/mol. The van der Waals surface area contributed by atoms with Gasteiger partial charge in [0.25, 0.3) is 0 Å². The Morgan fingerprint density at radius 1 is 1.06 bits per heavy atom. The number of nitrogens with one attached hydrogen (secondary N) is 2. The van der Waals surface area contributed by atoms with E-state index in [9.17, 15) is 18.0 Å². The Labute approximate surface area is 214 Å². The summed E-state index contributed by atoms with van der Waals surface area (Å²) in [4.78, 5) is 26.1. The zero-order valence-corrected chi connectivity index (χ0v) is 22.0. The fourth-order valence-corrected chi connectivity index (χ4v) is 6.00. The maximum Gasteiger partial charge on any atom is 0.243 e. The highest BCUT2D eigenvalue weighted by molar-refractivity contribution is 7.89. The normalized spacial score (nSPS) is 15.4. The van der Waals surface area contributed by atoms with E-state index in [0.717, 1.165) is 31.2 Å². The quantitative estimate of drug-likeness (QED) is 0.364. The van der Waals surface area contributed by atoms with Crippen LogP contribution in [-0.4, -0.2) is 33.3 Å². The molecule has 196 valence electrons. The van der Waals surface area contributed by atoms with Crippen LogP contribution in [0, 0.1) is 5.92 Å². The number of nitrogens with zero attached hydrogens (tertiary/aromatic N) is 1. The third kappa shape index (κ3) is 7.54. The summed E-state index contributed by atoms with van der Waals surface area (Å²) in [6, 6.07) is 13.9. The molecular formula is C27H38N4O4S. The number of sulfonamides is 1. The number of hydrogen-bond acceptors (Lipinski definition) is 5. The molecule has 0 radical (unpaired) electrons. The van der Waals surface area contributed by atoms with Gasteiger partial charge < -0.3 is 16.0 Å². The van der Waals surface area contributed by atoms with Crippen LogP contribution in [-0.2, 0) is 19.6 Å². The average Bonchev–Trinajstić information content (AvgIpc) is 2.87. The predicted octanol–water partition coefficient (Wildman–Crippen LogP) is 4.34. The number of primary amides is 1. The molecule has 1 atom stereocenters. The minimum absolute atomic E-state index is 0.103. The molecule has 1 saturated heterocycles. The fraction of sp³-hybridized carbons (Fsp3) is 0.481. The highest BCUT2D eigenvalue weighted by atomic mass is 32.2. The van der Waals surface area contributed by atoms with E-state index in [1.165, 1.54) is 6.07 Å². The second-order valence-corrected chi connectivity index (χ2v) is 11.1. The third-order valence-corrected chi connectivity index (χ3v) is 8.23. The lowest BCUT2D eigenvalue weighted by atomic mass is 9.96. The average molecular weight is 515 g/mol. The molecule has 1 unspecified atom stereocenters. The van der Waals surface area contributed by atoms with Crippen LogP contribution in [0.2, 0.25) is 0 Å². The van der Waals surface area contributed by atoms with Gasteiger partial charge >= 0.3 is 0 Å². The first-order chi connectivity index (χ1) is 17.2. The number of amides is 2. The van der Waals surface area contributed by atoms with Crippen molar-refractivity contribution in [1.29, 1.82) is 0 Å².